The smallest absolute Gasteiger partial charge is 0.241 e. The van der Waals surface area contributed by atoms with Gasteiger partial charge in [0.05, 0.1) is 12.6 Å². The van der Waals surface area contributed by atoms with Crippen LogP contribution in [0.4, 0.5) is 0 Å². The first kappa shape index (κ1) is 20.5. The minimum Gasteiger partial charge on any atom is -0.346 e. The van der Waals surface area contributed by atoms with Crippen molar-refractivity contribution < 1.29 is 9.59 Å². The summed E-state index contributed by atoms with van der Waals surface area (Å²) in [7, 11) is 1.88. The molecule has 4 fully saturated rings. The first-order valence-corrected chi connectivity index (χ1v) is 9.55. The van der Waals surface area contributed by atoms with Gasteiger partial charge in [0, 0.05) is 13.6 Å². The second kappa shape index (κ2) is 7.83. The van der Waals surface area contributed by atoms with Crippen LogP contribution in [0, 0.1) is 29.1 Å². The van der Waals surface area contributed by atoms with Crippen LogP contribution in [0.5, 0.6) is 0 Å². The molecule has 4 bridgehead atoms. The van der Waals surface area contributed by atoms with Crippen molar-refractivity contribution in [2.45, 2.75) is 58.4 Å². The van der Waals surface area contributed by atoms with E-state index in [1.54, 1.807) is 0 Å². The fourth-order valence-corrected chi connectivity index (χ4v) is 5.79. The summed E-state index contributed by atoms with van der Waals surface area (Å²) in [6.07, 6.45) is 8.13. The van der Waals surface area contributed by atoms with Gasteiger partial charge in [-0.25, -0.2) is 0 Å². The molecule has 4 aliphatic rings. The summed E-state index contributed by atoms with van der Waals surface area (Å²) in [6.45, 7) is 4.72. The van der Waals surface area contributed by atoms with Crippen LogP contribution in [0.15, 0.2) is 0 Å². The van der Waals surface area contributed by atoms with E-state index in [0.29, 0.717) is 5.41 Å². The van der Waals surface area contributed by atoms with Crippen LogP contribution in [0.3, 0.4) is 0 Å². The molecule has 0 aliphatic heterocycles. The third-order valence-electron chi connectivity index (χ3n) is 6.60. The molecule has 144 valence electrons. The number of hydrogen-bond acceptors (Lipinski definition) is 3. The molecule has 2 amide bonds. The number of amides is 2. The molecule has 0 unspecified atom stereocenters. The summed E-state index contributed by atoms with van der Waals surface area (Å²) in [4.78, 5) is 26.2. The van der Waals surface area contributed by atoms with Gasteiger partial charge in [-0.15, -0.1) is 12.4 Å². The summed E-state index contributed by atoms with van der Waals surface area (Å²) in [5.74, 6) is 2.51. The normalized spacial score (nSPS) is 33.7. The number of likely N-dealkylation sites (N-methyl/N-ethyl adjacent to an activating group) is 1. The SMILES string of the molecule is CC(C)[C@H](N)C(=O)NCC(=O)N(C)CC12CC3CC(CC(C3)C1)C2.Cl. The average Bonchev–Trinajstić information content (AvgIpc) is 2.49. The van der Waals surface area contributed by atoms with E-state index in [1.807, 2.05) is 25.8 Å². The highest BCUT2D eigenvalue weighted by Crippen LogP contribution is 2.60. The van der Waals surface area contributed by atoms with Crippen molar-refractivity contribution in [1.29, 1.82) is 0 Å². The van der Waals surface area contributed by atoms with Crippen molar-refractivity contribution in [1.82, 2.24) is 10.2 Å². The topological polar surface area (TPSA) is 75.4 Å². The Morgan fingerprint density at radius 1 is 1.12 bits per heavy atom. The van der Waals surface area contributed by atoms with Crippen LogP contribution in [0.25, 0.3) is 0 Å². The van der Waals surface area contributed by atoms with Gasteiger partial charge in [0.2, 0.25) is 11.8 Å². The van der Waals surface area contributed by atoms with Crippen molar-refractivity contribution in [2.75, 3.05) is 20.1 Å². The minimum absolute atomic E-state index is 0. The zero-order valence-corrected chi connectivity index (χ0v) is 16.6. The molecule has 0 saturated heterocycles. The quantitative estimate of drug-likeness (QED) is 0.751. The predicted octanol–water partition coefficient (Wildman–Crippen LogP) is 2.18. The summed E-state index contributed by atoms with van der Waals surface area (Å²) in [5, 5.41) is 2.70. The molecule has 0 radical (unpaired) electrons. The number of rotatable bonds is 6. The van der Waals surface area contributed by atoms with Gasteiger partial charge in [-0.2, -0.15) is 0 Å². The standard InChI is InChI=1S/C19H33N3O2.ClH/c1-12(2)17(20)18(24)21-10-16(23)22(3)11-19-7-13-4-14(8-19)6-15(5-13)9-19;/h12-15,17H,4-11,20H2,1-3H3,(H,21,24);1H/t13?,14?,15?,17-,19?;/m0./s1. The largest absolute Gasteiger partial charge is 0.346 e. The van der Waals surface area contributed by atoms with E-state index in [1.165, 1.54) is 38.5 Å². The van der Waals surface area contributed by atoms with E-state index in [0.717, 1.165) is 24.3 Å². The molecule has 0 aromatic carbocycles. The highest BCUT2D eigenvalue weighted by Gasteiger charge is 2.51. The fourth-order valence-electron chi connectivity index (χ4n) is 5.79. The first-order chi connectivity index (χ1) is 11.3. The maximum atomic E-state index is 12.4. The lowest BCUT2D eigenvalue weighted by Crippen LogP contribution is -2.53. The highest BCUT2D eigenvalue weighted by molar-refractivity contribution is 5.87. The van der Waals surface area contributed by atoms with Gasteiger partial charge in [0.1, 0.15) is 0 Å². The number of nitrogens with one attached hydrogen (secondary N) is 1. The average molecular weight is 372 g/mol. The van der Waals surface area contributed by atoms with Crippen molar-refractivity contribution in [3.05, 3.63) is 0 Å². The molecule has 5 nitrogen and oxygen atoms in total. The number of carbonyl (C=O) groups is 2. The van der Waals surface area contributed by atoms with E-state index in [2.05, 4.69) is 5.32 Å². The Bertz CT molecular complexity index is 474. The van der Waals surface area contributed by atoms with Gasteiger partial charge >= 0.3 is 0 Å². The summed E-state index contributed by atoms with van der Waals surface area (Å²) in [5.41, 5.74) is 6.17. The Labute approximate surface area is 157 Å². The summed E-state index contributed by atoms with van der Waals surface area (Å²) >= 11 is 0. The van der Waals surface area contributed by atoms with Crippen LogP contribution in [-0.2, 0) is 9.59 Å². The third kappa shape index (κ3) is 4.48. The molecule has 4 aliphatic carbocycles. The Morgan fingerprint density at radius 3 is 2.04 bits per heavy atom. The molecule has 25 heavy (non-hydrogen) atoms. The lowest BCUT2D eigenvalue weighted by molar-refractivity contribution is -0.136. The van der Waals surface area contributed by atoms with E-state index >= 15 is 0 Å². The molecule has 0 aromatic rings. The van der Waals surface area contributed by atoms with Crippen LogP contribution in [0.2, 0.25) is 0 Å². The minimum atomic E-state index is -0.550. The maximum Gasteiger partial charge on any atom is 0.241 e. The maximum absolute atomic E-state index is 12.4. The molecule has 3 N–H and O–H groups in total. The second-order valence-electron chi connectivity index (χ2n) is 9.15. The van der Waals surface area contributed by atoms with Gasteiger partial charge in [-0.05, 0) is 67.6 Å². The summed E-state index contributed by atoms with van der Waals surface area (Å²) in [6, 6.07) is -0.550. The van der Waals surface area contributed by atoms with Gasteiger partial charge in [-0.3, -0.25) is 9.59 Å². The monoisotopic (exact) mass is 371 g/mol. The van der Waals surface area contributed by atoms with Crippen LogP contribution in [-0.4, -0.2) is 42.9 Å². The first-order valence-electron chi connectivity index (χ1n) is 9.55. The van der Waals surface area contributed by atoms with Crippen molar-refractivity contribution in [3.63, 3.8) is 0 Å². The molecule has 4 rings (SSSR count). The number of carbonyl (C=O) groups excluding carboxylic acids is 2. The molecule has 1 atom stereocenters. The third-order valence-corrected chi connectivity index (χ3v) is 6.60. The van der Waals surface area contributed by atoms with Crippen LogP contribution in [0.1, 0.15) is 52.4 Å². The molecule has 0 aromatic heterocycles. The fraction of sp³-hybridized carbons (Fsp3) is 0.895. The number of hydrogen-bond donors (Lipinski definition) is 2. The lowest BCUT2D eigenvalue weighted by Gasteiger charge is -2.57. The number of nitrogens with zero attached hydrogens (tertiary/aromatic N) is 1. The van der Waals surface area contributed by atoms with E-state index in [9.17, 15) is 9.59 Å². The van der Waals surface area contributed by atoms with Crippen LogP contribution >= 0.6 is 12.4 Å². The highest BCUT2D eigenvalue weighted by atomic mass is 35.5. The second-order valence-corrected chi connectivity index (χ2v) is 9.15. The van der Waals surface area contributed by atoms with Gasteiger partial charge in [0.15, 0.2) is 0 Å². The number of nitrogens with two attached hydrogens (primary N) is 1. The van der Waals surface area contributed by atoms with Crippen molar-refractivity contribution >= 4 is 24.2 Å². The lowest BCUT2D eigenvalue weighted by atomic mass is 9.49. The van der Waals surface area contributed by atoms with Crippen LogP contribution < -0.4 is 11.1 Å². The molecular formula is C19H34ClN3O2. The Morgan fingerprint density at radius 2 is 1.60 bits per heavy atom. The predicted molar refractivity (Wildman–Crippen MR) is 101 cm³/mol. The van der Waals surface area contributed by atoms with Crippen molar-refractivity contribution in [3.8, 4) is 0 Å². The Hall–Kier alpha value is -0.810. The molecule has 0 heterocycles. The summed E-state index contributed by atoms with van der Waals surface area (Å²) < 4.78 is 0. The van der Waals surface area contributed by atoms with E-state index < -0.39 is 6.04 Å². The molecule has 0 spiro atoms. The van der Waals surface area contributed by atoms with Gasteiger partial charge in [0.25, 0.3) is 0 Å². The van der Waals surface area contributed by atoms with Gasteiger partial charge in [-0.1, -0.05) is 13.8 Å². The molecular weight excluding hydrogens is 338 g/mol. The zero-order chi connectivity index (χ0) is 17.5. The Balaban J connectivity index is 0.00000225. The zero-order valence-electron chi connectivity index (χ0n) is 15.8. The Kier molecular flexibility index (Phi) is 6.42. The van der Waals surface area contributed by atoms with E-state index in [-0.39, 0.29) is 36.7 Å². The number of halogens is 1. The van der Waals surface area contributed by atoms with Gasteiger partial charge < -0.3 is 16.0 Å². The molecule has 4 saturated carbocycles. The molecule has 6 heteroatoms. The van der Waals surface area contributed by atoms with E-state index in [4.69, 9.17) is 5.73 Å². The van der Waals surface area contributed by atoms with Crippen molar-refractivity contribution in [2.24, 2.45) is 34.8 Å².